The Balaban J connectivity index is 3.08. The maximum absolute atomic E-state index is 12.4. The van der Waals surface area contributed by atoms with Crippen molar-refractivity contribution < 1.29 is 18.3 Å². The molecule has 0 saturated heterocycles. The molecule has 0 spiro atoms. The topological polar surface area (TPSA) is 75.6 Å². The molecule has 2 N–H and O–H groups in total. The van der Waals surface area contributed by atoms with Gasteiger partial charge >= 0.3 is 0 Å². The van der Waals surface area contributed by atoms with Crippen LogP contribution in [0.15, 0.2) is 23.1 Å². The van der Waals surface area contributed by atoms with E-state index in [1.807, 2.05) is 6.92 Å². The molecule has 20 heavy (non-hydrogen) atoms. The van der Waals surface area contributed by atoms with Crippen molar-refractivity contribution in [3.8, 4) is 0 Å². The number of hydrogen-bond acceptors (Lipinski definition) is 4. The fourth-order valence-corrected chi connectivity index (χ4v) is 3.22. The number of aryl methyl sites for hydroxylation is 1. The number of aliphatic hydroxyl groups excluding tert-OH is 1. The molecular formula is C14H23NO4S. The molecule has 5 nitrogen and oxygen atoms in total. The number of ether oxygens (including phenoxy) is 1. The van der Waals surface area contributed by atoms with Crippen molar-refractivity contribution in [2.24, 2.45) is 0 Å². The highest BCUT2D eigenvalue weighted by Crippen LogP contribution is 2.19. The van der Waals surface area contributed by atoms with Crippen molar-refractivity contribution in [2.75, 3.05) is 13.7 Å². The van der Waals surface area contributed by atoms with Crippen molar-refractivity contribution in [3.05, 3.63) is 29.3 Å². The van der Waals surface area contributed by atoms with Gasteiger partial charge in [-0.15, -0.1) is 0 Å². The fraction of sp³-hybridized carbons (Fsp3) is 0.571. The highest BCUT2D eigenvalue weighted by molar-refractivity contribution is 7.89. The Morgan fingerprint density at radius 1 is 1.35 bits per heavy atom. The zero-order valence-electron chi connectivity index (χ0n) is 12.4. The predicted molar refractivity (Wildman–Crippen MR) is 78.0 cm³/mol. The largest absolute Gasteiger partial charge is 0.392 e. The van der Waals surface area contributed by atoms with Gasteiger partial charge in [0.1, 0.15) is 0 Å². The molecule has 0 heterocycles. The summed E-state index contributed by atoms with van der Waals surface area (Å²) in [6, 6.07) is 4.99. The van der Waals surface area contributed by atoms with Crippen LogP contribution in [-0.4, -0.2) is 32.8 Å². The first-order valence-corrected chi connectivity index (χ1v) is 8.01. The van der Waals surface area contributed by atoms with E-state index in [1.54, 1.807) is 26.0 Å². The summed E-state index contributed by atoms with van der Waals surface area (Å²) in [5.74, 6) is 0. The van der Waals surface area contributed by atoms with Gasteiger partial charge in [-0.2, -0.15) is 0 Å². The Labute approximate surface area is 121 Å². The van der Waals surface area contributed by atoms with Crippen LogP contribution in [0.25, 0.3) is 0 Å². The van der Waals surface area contributed by atoms with E-state index in [1.165, 1.54) is 13.2 Å². The third-order valence-electron chi connectivity index (χ3n) is 3.23. The molecule has 0 aromatic heterocycles. The van der Waals surface area contributed by atoms with E-state index in [4.69, 9.17) is 9.84 Å². The van der Waals surface area contributed by atoms with Gasteiger partial charge in [-0.25, -0.2) is 13.1 Å². The summed E-state index contributed by atoms with van der Waals surface area (Å²) >= 11 is 0. The summed E-state index contributed by atoms with van der Waals surface area (Å²) < 4.78 is 32.6. The molecule has 6 heteroatoms. The molecule has 0 aliphatic carbocycles. The molecule has 0 aliphatic heterocycles. The maximum atomic E-state index is 12.4. The Kier molecular flexibility index (Phi) is 5.70. The van der Waals surface area contributed by atoms with Crippen molar-refractivity contribution in [3.63, 3.8) is 0 Å². The molecule has 0 fully saturated rings. The van der Waals surface area contributed by atoms with E-state index in [0.717, 1.165) is 5.56 Å². The number of sulfonamides is 1. The van der Waals surface area contributed by atoms with Crippen LogP contribution in [0.4, 0.5) is 0 Å². The molecule has 0 bridgehead atoms. The predicted octanol–water partition coefficient (Wildman–Crippen LogP) is 1.44. The standard InChI is InChI=1S/C14H23NO4S/c1-5-12-7-6-11(9-16)8-13(12)20(17,18)15-10-14(2,3)19-4/h6-8,15-16H,5,9-10H2,1-4H3. The van der Waals surface area contributed by atoms with Crippen LogP contribution in [0.3, 0.4) is 0 Å². The zero-order valence-corrected chi connectivity index (χ0v) is 13.3. The van der Waals surface area contributed by atoms with E-state index < -0.39 is 15.6 Å². The summed E-state index contributed by atoms with van der Waals surface area (Å²) in [5, 5.41) is 9.15. The van der Waals surface area contributed by atoms with Crippen LogP contribution in [0, 0.1) is 0 Å². The third kappa shape index (κ3) is 4.28. The second kappa shape index (κ2) is 6.67. The van der Waals surface area contributed by atoms with Gasteiger partial charge in [-0.05, 0) is 37.5 Å². The van der Waals surface area contributed by atoms with Crippen molar-refractivity contribution in [1.82, 2.24) is 4.72 Å². The summed E-state index contributed by atoms with van der Waals surface area (Å²) in [6.45, 7) is 5.50. The van der Waals surface area contributed by atoms with Gasteiger partial charge in [0, 0.05) is 13.7 Å². The Bertz CT molecular complexity index is 552. The average molecular weight is 301 g/mol. The number of nitrogens with one attached hydrogen (secondary N) is 1. The summed E-state index contributed by atoms with van der Waals surface area (Å²) in [5.41, 5.74) is 0.729. The Morgan fingerprint density at radius 2 is 2.00 bits per heavy atom. The highest BCUT2D eigenvalue weighted by atomic mass is 32.2. The van der Waals surface area contributed by atoms with E-state index in [2.05, 4.69) is 4.72 Å². The fourth-order valence-electron chi connectivity index (χ4n) is 1.66. The van der Waals surface area contributed by atoms with Crippen LogP contribution in [0.1, 0.15) is 31.9 Å². The Morgan fingerprint density at radius 3 is 2.50 bits per heavy atom. The molecule has 1 aromatic rings. The third-order valence-corrected chi connectivity index (χ3v) is 4.71. The lowest BCUT2D eigenvalue weighted by atomic mass is 10.1. The number of methoxy groups -OCH3 is 1. The molecule has 114 valence electrons. The first-order valence-electron chi connectivity index (χ1n) is 6.53. The summed E-state index contributed by atoms with van der Waals surface area (Å²) in [6.07, 6.45) is 0.607. The van der Waals surface area contributed by atoms with Gasteiger partial charge < -0.3 is 9.84 Å². The van der Waals surface area contributed by atoms with E-state index in [0.29, 0.717) is 12.0 Å². The van der Waals surface area contributed by atoms with Crippen molar-refractivity contribution >= 4 is 10.0 Å². The lowest BCUT2D eigenvalue weighted by Crippen LogP contribution is -2.39. The number of benzene rings is 1. The minimum absolute atomic E-state index is 0.179. The van der Waals surface area contributed by atoms with E-state index >= 15 is 0 Å². The van der Waals surface area contributed by atoms with Gasteiger partial charge in [0.2, 0.25) is 10.0 Å². The molecule has 0 saturated carbocycles. The first kappa shape index (κ1) is 17.1. The second-order valence-electron chi connectivity index (χ2n) is 5.24. The summed E-state index contributed by atoms with van der Waals surface area (Å²) in [7, 11) is -2.08. The second-order valence-corrected chi connectivity index (χ2v) is 6.98. The SMILES string of the molecule is CCc1ccc(CO)cc1S(=O)(=O)NCC(C)(C)OC. The molecule has 0 radical (unpaired) electrons. The van der Waals surface area contributed by atoms with Crippen molar-refractivity contribution in [1.29, 1.82) is 0 Å². The Hall–Kier alpha value is -0.950. The highest BCUT2D eigenvalue weighted by Gasteiger charge is 2.23. The number of rotatable bonds is 7. The van der Waals surface area contributed by atoms with E-state index in [-0.39, 0.29) is 18.0 Å². The summed E-state index contributed by atoms with van der Waals surface area (Å²) in [4.78, 5) is 0.221. The number of hydrogen-bond donors (Lipinski definition) is 2. The van der Waals surface area contributed by atoms with Crippen LogP contribution < -0.4 is 4.72 Å². The average Bonchev–Trinajstić information content (AvgIpc) is 2.44. The van der Waals surface area contributed by atoms with Crippen LogP contribution in [0.5, 0.6) is 0 Å². The molecule has 1 rings (SSSR count). The molecule has 0 atom stereocenters. The minimum Gasteiger partial charge on any atom is -0.392 e. The quantitative estimate of drug-likeness (QED) is 0.799. The van der Waals surface area contributed by atoms with Gasteiger partial charge in [-0.3, -0.25) is 0 Å². The number of aliphatic hydroxyl groups is 1. The smallest absolute Gasteiger partial charge is 0.240 e. The van der Waals surface area contributed by atoms with E-state index in [9.17, 15) is 8.42 Å². The molecule has 0 amide bonds. The van der Waals surface area contributed by atoms with Gasteiger partial charge in [0.25, 0.3) is 0 Å². The lowest BCUT2D eigenvalue weighted by molar-refractivity contribution is 0.0276. The zero-order chi connectivity index (χ0) is 15.4. The molecule has 1 aromatic carbocycles. The maximum Gasteiger partial charge on any atom is 0.240 e. The van der Waals surface area contributed by atoms with Crippen LogP contribution in [-0.2, 0) is 27.8 Å². The van der Waals surface area contributed by atoms with Gasteiger partial charge in [0.15, 0.2) is 0 Å². The molecule has 0 unspecified atom stereocenters. The van der Waals surface area contributed by atoms with Crippen molar-refractivity contribution in [2.45, 2.75) is 44.3 Å². The molecular weight excluding hydrogens is 278 g/mol. The monoisotopic (exact) mass is 301 g/mol. The first-order chi connectivity index (χ1) is 9.25. The van der Waals surface area contributed by atoms with Crippen LogP contribution in [0.2, 0.25) is 0 Å². The lowest BCUT2D eigenvalue weighted by Gasteiger charge is -2.23. The van der Waals surface area contributed by atoms with Gasteiger partial charge in [0.05, 0.1) is 17.1 Å². The van der Waals surface area contributed by atoms with Crippen LogP contribution >= 0.6 is 0 Å². The molecule has 0 aliphatic rings. The normalized spacial score (nSPS) is 12.7. The van der Waals surface area contributed by atoms with Gasteiger partial charge in [-0.1, -0.05) is 19.1 Å². The minimum atomic E-state index is -3.62.